The van der Waals surface area contributed by atoms with Gasteiger partial charge in [-0.1, -0.05) is 269 Å². The molecule has 18 atom stereocenters. The predicted octanol–water partition coefficient (Wildman–Crippen LogP) is 10.1. The van der Waals surface area contributed by atoms with Crippen LogP contribution in [0.3, 0.4) is 0 Å². The number of allylic oxidation sites excluding steroid dienone is 5. The molecule has 0 saturated carbocycles. The fourth-order valence-electron chi connectivity index (χ4n) is 13.7. The van der Waals surface area contributed by atoms with E-state index in [-0.39, 0.29) is 12.3 Å². The minimum atomic E-state index is -3.09. The number of ether oxygens (including phenoxy) is 6. The molecule has 3 aliphatic rings. The standard InChI is InChI=1S/C78H142N2O21/c1-4-6-8-10-12-14-16-18-20-22-24-26-28-30-31-33-35-37-39-41-43-45-47-49-51-60(85)59(80-65(88)52-50-48-46-44-42-40-38-36-34-32-29-27-25-23-21-19-17-15-13-11-9-7-5-2)57-96-75-70(92)69(91)72(64(56-83)98-75)99-76-71(93)74(68(90)63(55-82)97-76)101-78(77(94)95)53-61(86)66(79-58(3)84)73(100-78)67(89)62(87)54-81/h25,27,32,34,49,51,59-64,66-76,81-83,85-87,89-93H,4-24,26,28-31,33,35-48,50,52-57H2,1-3H3,(H,79,84)(H,80,88)(H,94,95)/b27-25-,34-32-,51-49+. The molecule has 3 aliphatic heterocycles. The van der Waals surface area contributed by atoms with E-state index >= 15 is 0 Å². The number of unbranched alkanes of at least 4 members (excludes halogenated alkanes) is 38. The first kappa shape index (κ1) is 92.2. The summed E-state index contributed by atoms with van der Waals surface area (Å²) < 4.78 is 34.9. The van der Waals surface area contributed by atoms with Crippen LogP contribution in [-0.2, 0) is 42.8 Å². The van der Waals surface area contributed by atoms with Crippen molar-refractivity contribution in [3.8, 4) is 0 Å². The third kappa shape index (κ3) is 37.9. The fraction of sp³-hybridized carbons (Fsp3) is 0.885. The molecule has 23 nitrogen and oxygen atoms in total. The van der Waals surface area contributed by atoms with E-state index in [1.165, 1.54) is 180 Å². The van der Waals surface area contributed by atoms with Gasteiger partial charge in [0.2, 0.25) is 11.8 Å². The molecular weight excluding hydrogens is 1300 g/mol. The zero-order valence-corrected chi connectivity index (χ0v) is 62.3. The summed E-state index contributed by atoms with van der Waals surface area (Å²) in [5, 5.41) is 136. The monoisotopic (exact) mass is 1440 g/mol. The number of aliphatic hydroxyl groups excluding tert-OH is 11. The smallest absolute Gasteiger partial charge is 0.364 e. The molecule has 0 aromatic heterocycles. The molecule has 0 radical (unpaired) electrons. The zero-order valence-electron chi connectivity index (χ0n) is 62.3. The SMILES string of the molecule is CCCCCCCCCCC/C=C\C/C=C\CCCCCCCCCC(=O)NC(COC1OC(CO)C(OC2OC(CO)C(O)C(OC3(C(=O)O)CC(O)C(NC(C)=O)C(C(O)C(O)CO)O3)C2O)C(O)C1O)C(O)/C=C/CCCCCCCCCCCCCCCCCCCCCCCC. The van der Waals surface area contributed by atoms with Gasteiger partial charge in [0.05, 0.1) is 50.7 Å². The molecule has 101 heavy (non-hydrogen) atoms. The van der Waals surface area contributed by atoms with E-state index in [1.54, 1.807) is 6.08 Å². The second-order valence-electron chi connectivity index (χ2n) is 28.9. The number of carboxylic acids is 1. The van der Waals surface area contributed by atoms with Crippen molar-refractivity contribution in [2.45, 2.75) is 413 Å². The molecule has 3 rings (SSSR count). The largest absolute Gasteiger partial charge is 0.477 e. The van der Waals surface area contributed by atoms with Crippen molar-refractivity contribution in [3.05, 3.63) is 36.5 Å². The average Bonchev–Trinajstić information content (AvgIpc) is 0.756. The molecule has 18 unspecified atom stereocenters. The summed E-state index contributed by atoms with van der Waals surface area (Å²) in [5.74, 6) is -6.15. The third-order valence-electron chi connectivity index (χ3n) is 20.1. The van der Waals surface area contributed by atoms with E-state index in [9.17, 15) is 75.7 Å². The second-order valence-corrected chi connectivity index (χ2v) is 28.9. The van der Waals surface area contributed by atoms with Gasteiger partial charge in [-0.05, 0) is 51.4 Å². The fourth-order valence-corrected chi connectivity index (χ4v) is 13.7. The van der Waals surface area contributed by atoms with Gasteiger partial charge < -0.3 is 100 Å². The predicted molar refractivity (Wildman–Crippen MR) is 389 cm³/mol. The van der Waals surface area contributed by atoms with Gasteiger partial charge in [-0.2, -0.15) is 0 Å². The van der Waals surface area contributed by atoms with Crippen molar-refractivity contribution in [2.24, 2.45) is 0 Å². The van der Waals surface area contributed by atoms with Crippen LogP contribution in [0.5, 0.6) is 0 Å². The van der Waals surface area contributed by atoms with Crippen molar-refractivity contribution in [1.82, 2.24) is 10.6 Å². The molecule has 14 N–H and O–H groups in total. The summed E-state index contributed by atoms with van der Waals surface area (Å²) in [4.78, 5) is 38.7. The first-order chi connectivity index (χ1) is 48.9. The maximum atomic E-state index is 13.5. The number of rotatable bonds is 62. The summed E-state index contributed by atoms with van der Waals surface area (Å²) in [5.41, 5.74) is 0. The Balaban J connectivity index is 1.54. The van der Waals surface area contributed by atoms with Crippen LogP contribution in [-0.4, -0.2) is 215 Å². The Morgan fingerprint density at radius 3 is 1.40 bits per heavy atom. The minimum Gasteiger partial charge on any atom is -0.477 e. The van der Waals surface area contributed by atoms with Gasteiger partial charge in [-0.3, -0.25) is 9.59 Å². The molecule has 0 aromatic rings. The Morgan fingerprint density at radius 2 is 0.960 bits per heavy atom. The number of carboxylic acid groups (broad SMARTS) is 1. The zero-order chi connectivity index (χ0) is 73.9. The molecular formula is C78H142N2O21. The lowest BCUT2D eigenvalue weighted by Crippen LogP contribution is -2.70. The molecule has 590 valence electrons. The Morgan fingerprint density at radius 1 is 0.525 bits per heavy atom. The number of carbonyl (C=O) groups is 3. The lowest BCUT2D eigenvalue weighted by molar-refractivity contribution is -0.386. The van der Waals surface area contributed by atoms with Crippen LogP contribution >= 0.6 is 0 Å². The quantitative estimate of drug-likeness (QED) is 0.0199. The van der Waals surface area contributed by atoms with Gasteiger partial charge in [0.25, 0.3) is 5.79 Å². The Bertz CT molecular complexity index is 2160. The van der Waals surface area contributed by atoms with E-state index in [0.29, 0.717) is 12.8 Å². The molecule has 23 heteroatoms. The molecule has 0 aliphatic carbocycles. The van der Waals surface area contributed by atoms with Crippen molar-refractivity contribution in [1.29, 1.82) is 0 Å². The van der Waals surface area contributed by atoms with Crippen LogP contribution in [0.2, 0.25) is 0 Å². The summed E-state index contributed by atoms with van der Waals surface area (Å²) in [6.45, 7) is 2.17. The average molecular weight is 1440 g/mol. The maximum absolute atomic E-state index is 13.5. The second kappa shape index (κ2) is 57.2. The summed E-state index contributed by atoms with van der Waals surface area (Å²) in [6, 6.07) is -2.63. The van der Waals surface area contributed by atoms with Gasteiger partial charge in [0.15, 0.2) is 12.6 Å². The highest BCUT2D eigenvalue weighted by Gasteiger charge is 2.60. The molecule has 0 aromatic carbocycles. The van der Waals surface area contributed by atoms with Gasteiger partial charge in [-0.25, -0.2) is 4.79 Å². The van der Waals surface area contributed by atoms with Crippen molar-refractivity contribution in [2.75, 3.05) is 26.4 Å². The first-order valence-electron chi connectivity index (χ1n) is 39.9. The number of amides is 2. The number of hydrogen-bond donors (Lipinski definition) is 14. The summed E-state index contributed by atoms with van der Waals surface area (Å²) >= 11 is 0. The molecule has 3 heterocycles. The maximum Gasteiger partial charge on any atom is 0.364 e. The van der Waals surface area contributed by atoms with E-state index in [4.69, 9.17) is 28.4 Å². The molecule has 3 fully saturated rings. The number of nitrogens with one attached hydrogen (secondary N) is 2. The normalized spacial score (nSPS) is 27.0. The van der Waals surface area contributed by atoms with Gasteiger partial charge in [0, 0.05) is 19.8 Å². The lowest BCUT2D eigenvalue weighted by Gasteiger charge is -2.50. The van der Waals surface area contributed by atoms with Gasteiger partial charge >= 0.3 is 5.97 Å². The number of carbonyl (C=O) groups excluding carboxylic acids is 2. The van der Waals surface area contributed by atoms with Crippen LogP contribution < -0.4 is 10.6 Å². The van der Waals surface area contributed by atoms with Crippen molar-refractivity contribution >= 4 is 17.8 Å². The van der Waals surface area contributed by atoms with Crippen LogP contribution in [0, 0.1) is 0 Å². The highest BCUT2D eigenvalue weighted by atomic mass is 16.8. The van der Waals surface area contributed by atoms with Crippen LogP contribution in [0.1, 0.15) is 303 Å². The van der Waals surface area contributed by atoms with Crippen LogP contribution in [0.15, 0.2) is 36.5 Å². The molecule has 3 saturated heterocycles. The summed E-state index contributed by atoms with van der Waals surface area (Å²) in [6.07, 6.45) is 34.6. The number of hydrogen-bond acceptors (Lipinski definition) is 20. The first-order valence-corrected chi connectivity index (χ1v) is 39.9. The topological polar surface area (TPSA) is 373 Å². The molecule has 0 spiro atoms. The van der Waals surface area contributed by atoms with E-state index in [0.717, 1.165) is 84.0 Å². The Labute approximate surface area is 606 Å². The lowest BCUT2D eigenvalue weighted by atomic mass is 9.88. The van der Waals surface area contributed by atoms with E-state index < -0.39 is 155 Å². The highest BCUT2D eigenvalue weighted by Crippen LogP contribution is 2.39. The summed E-state index contributed by atoms with van der Waals surface area (Å²) in [7, 11) is 0. The third-order valence-corrected chi connectivity index (χ3v) is 20.1. The van der Waals surface area contributed by atoms with Crippen LogP contribution in [0.4, 0.5) is 0 Å². The number of aliphatic carboxylic acids is 1. The van der Waals surface area contributed by atoms with E-state index in [1.807, 2.05) is 6.08 Å². The van der Waals surface area contributed by atoms with Crippen LogP contribution in [0.25, 0.3) is 0 Å². The Hall–Kier alpha value is -3.05. The van der Waals surface area contributed by atoms with Crippen molar-refractivity contribution < 1.29 is 104 Å². The molecule has 0 bridgehead atoms. The number of aliphatic hydroxyl groups is 11. The minimum absolute atomic E-state index is 0.191. The molecule has 2 amide bonds. The van der Waals surface area contributed by atoms with Crippen molar-refractivity contribution in [3.63, 3.8) is 0 Å². The van der Waals surface area contributed by atoms with Gasteiger partial charge in [-0.15, -0.1) is 0 Å². The van der Waals surface area contributed by atoms with Gasteiger partial charge in [0.1, 0.15) is 67.1 Å². The highest BCUT2D eigenvalue weighted by molar-refractivity contribution is 5.77. The van der Waals surface area contributed by atoms with E-state index in [2.05, 4.69) is 48.8 Å². The Kier molecular flexibility index (Phi) is 52.2.